The minimum absolute atomic E-state index is 0.257. The number of carboxylic acids is 1. The lowest BCUT2D eigenvalue weighted by Gasteiger charge is -2.26. The van der Waals surface area contributed by atoms with Crippen LogP contribution in [0.25, 0.3) is 0 Å². The molecule has 20 heavy (non-hydrogen) atoms. The van der Waals surface area contributed by atoms with Crippen molar-refractivity contribution >= 4 is 11.9 Å². The topological polar surface area (TPSA) is 66.4 Å². The first-order valence-electron chi connectivity index (χ1n) is 6.99. The quantitative estimate of drug-likeness (QED) is 0.805. The second-order valence-electron chi connectivity index (χ2n) is 5.50. The van der Waals surface area contributed by atoms with Crippen LogP contribution in [0.4, 0.5) is 0 Å². The smallest absolute Gasteiger partial charge is 0.326 e. The van der Waals surface area contributed by atoms with Crippen LogP contribution in [0, 0.1) is 0 Å². The molecule has 1 aromatic carbocycles. The zero-order valence-electron chi connectivity index (χ0n) is 12.3. The average molecular weight is 277 g/mol. The molecule has 0 heterocycles. The van der Waals surface area contributed by atoms with Crippen LogP contribution in [0.2, 0.25) is 0 Å². The summed E-state index contributed by atoms with van der Waals surface area (Å²) in [6.07, 6.45) is 2.15. The van der Waals surface area contributed by atoms with Crippen molar-refractivity contribution < 1.29 is 14.7 Å². The molecule has 0 bridgehead atoms. The molecule has 0 aliphatic heterocycles. The van der Waals surface area contributed by atoms with Crippen LogP contribution < -0.4 is 5.32 Å². The number of carbonyl (C=O) groups is 2. The van der Waals surface area contributed by atoms with Gasteiger partial charge in [0.05, 0.1) is 5.41 Å². The minimum Gasteiger partial charge on any atom is -0.480 e. The third-order valence-electron chi connectivity index (χ3n) is 3.51. The molecule has 0 aromatic heterocycles. The Labute approximate surface area is 120 Å². The van der Waals surface area contributed by atoms with E-state index in [1.807, 2.05) is 37.3 Å². The molecule has 0 saturated carbocycles. The highest BCUT2D eigenvalue weighted by Crippen LogP contribution is 2.23. The van der Waals surface area contributed by atoms with E-state index >= 15 is 0 Å². The van der Waals surface area contributed by atoms with Crippen molar-refractivity contribution in [2.45, 2.75) is 51.5 Å². The van der Waals surface area contributed by atoms with Gasteiger partial charge in [-0.3, -0.25) is 4.79 Å². The molecule has 0 unspecified atom stereocenters. The second-order valence-corrected chi connectivity index (χ2v) is 5.50. The van der Waals surface area contributed by atoms with Crippen LogP contribution in [0.15, 0.2) is 30.3 Å². The number of unbranched alkanes of at least 4 members (excludes halogenated alkanes) is 1. The largest absolute Gasteiger partial charge is 0.480 e. The fraction of sp³-hybridized carbons (Fsp3) is 0.500. The first-order valence-corrected chi connectivity index (χ1v) is 6.99. The average Bonchev–Trinajstić information content (AvgIpc) is 2.43. The zero-order chi connectivity index (χ0) is 15.2. The maximum Gasteiger partial charge on any atom is 0.326 e. The van der Waals surface area contributed by atoms with E-state index in [0.29, 0.717) is 6.42 Å². The molecule has 0 spiro atoms. The number of aliphatic carboxylic acids is 1. The molecule has 2 N–H and O–H groups in total. The summed E-state index contributed by atoms with van der Waals surface area (Å²) in [5.41, 5.74) is 0.124. The molecule has 1 rings (SSSR count). The van der Waals surface area contributed by atoms with E-state index in [4.69, 9.17) is 0 Å². The van der Waals surface area contributed by atoms with Crippen LogP contribution in [0.1, 0.15) is 45.6 Å². The molecule has 0 aliphatic carbocycles. The summed E-state index contributed by atoms with van der Waals surface area (Å²) in [5.74, 6) is -1.23. The van der Waals surface area contributed by atoms with Gasteiger partial charge in [0.15, 0.2) is 0 Å². The molecule has 110 valence electrons. The molecule has 1 amide bonds. The van der Waals surface area contributed by atoms with Crippen molar-refractivity contribution in [1.82, 2.24) is 5.32 Å². The Kier molecular flexibility index (Phi) is 5.74. The SMILES string of the molecule is CCCC[C@H](NC(=O)C(C)(C)c1ccccc1)C(=O)O. The molecule has 0 fully saturated rings. The van der Waals surface area contributed by atoms with E-state index in [0.717, 1.165) is 18.4 Å². The Morgan fingerprint density at radius 3 is 2.35 bits per heavy atom. The Bertz CT molecular complexity index is 454. The summed E-state index contributed by atoms with van der Waals surface area (Å²) in [6.45, 7) is 5.60. The number of benzene rings is 1. The lowest BCUT2D eigenvalue weighted by Crippen LogP contribution is -2.48. The maximum absolute atomic E-state index is 12.4. The molecule has 1 atom stereocenters. The highest BCUT2D eigenvalue weighted by molar-refractivity contribution is 5.90. The van der Waals surface area contributed by atoms with Gasteiger partial charge in [-0.2, -0.15) is 0 Å². The molecular weight excluding hydrogens is 254 g/mol. The Balaban J connectivity index is 2.80. The molecule has 1 aromatic rings. The molecular formula is C16H23NO3. The Morgan fingerprint density at radius 2 is 1.85 bits per heavy atom. The first kappa shape index (κ1) is 16.2. The fourth-order valence-corrected chi connectivity index (χ4v) is 1.99. The highest BCUT2D eigenvalue weighted by Gasteiger charge is 2.32. The van der Waals surface area contributed by atoms with Crippen LogP contribution in [-0.2, 0) is 15.0 Å². The van der Waals surface area contributed by atoms with Crippen LogP contribution in [0.5, 0.6) is 0 Å². The maximum atomic E-state index is 12.4. The summed E-state index contributed by atoms with van der Waals surface area (Å²) in [7, 11) is 0. The number of hydrogen-bond donors (Lipinski definition) is 2. The fourth-order valence-electron chi connectivity index (χ4n) is 1.99. The van der Waals surface area contributed by atoms with Crippen molar-refractivity contribution in [3.05, 3.63) is 35.9 Å². The Morgan fingerprint density at radius 1 is 1.25 bits per heavy atom. The summed E-state index contributed by atoms with van der Waals surface area (Å²) < 4.78 is 0. The van der Waals surface area contributed by atoms with Gasteiger partial charge in [0.25, 0.3) is 0 Å². The summed E-state index contributed by atoms with van der Waals surface area (Å²) in [4.78, 5) is 23.6. The van der Waals surface area contributed by atoms with Gasteiger partial charge in [-0.1, -0.05) is 50.1 Å². The van der Waals surface area contributed by atoms with Crippen molar-refractivity contribution in [3.8, 4) is 0 Å². The van der Waals surface area contributed by atoms with Crippen molar-refractivity contribution in [3.63, 3.8) is 0 Å². The van der Waals surface area contributed by atoms with Gasteiger partial charge >= 0.3 is 5.97 Å². The number of hydrogen-bond acceptors (Lipinski definition) is 2. The highest BCUT2D eigenvalue weighted by atomic mass is 16.4. The van der Waals surface area contributed by atoms with E-state index in [1.54, 1.807) is 13.8 Å². The van der Waals surface area contributed by atoms with Gasteiger partial charge in [-0.15, -0.1) is 0 Å². The molecule has 0 saturated heterocycles. The predicted octanol–water partition coefficient (Wildman–Crippen LogP) is 2.72. The van der Waals surface area contributed by atoms with Crippen LogP contribution in [-0.4, -0.2) is 23.0 Å². The van der Waals surface area contributed by atoms with Gasteiger partial charge in [-0.05, 0) is 25.8 Å². The predicted molar refractivity (Wildman–Crippen MR) is 78.6 cm³/mol. The summed E-state index contributed by atoms with van der Waals surface area (Å²) in [6, 6.07) is 8.57. The van der Waals surface area contributed by atoms with Crippen molar-refractivity contribution in [1.29, 1.82) is 0 Å². The van der Waals surface area contributed by atoms with Crippen LogP contribution >= 0.6 is 0 Å². The standard InChI is InChI=1S/C16H23NO3/c1-4-5-11-13(14(18)19)17-15(20)16(2,3)12-9-7-6-8-10-12/h6-10,13H,4-5,11H2,1-3H3,(H,17,20)(H,18,19)/t13-/m0/s1. The van der Waals surface area contributed by atoms with Crippen molar-refractivity contribution in [2.24, 2.45) is 0 Å². The normalized spacial score (nSPS) is 12.8. The third kappa shape index (κ3) is 4.08. The summed E-state index contributed by atoms with van der Waals surface area (Å²) >= 11 is 0. The van der Waals surface area contributed by atoms with Gasteiger partial charge in [0.1, 0.15) is 6.04 Å². The van der Waals surface area contributed by atoms with Gasteiger partial charge < -0.3 is 10.4 Å². The zero-order valence-corrected chi connectivity index (χ0v) is 12.3. The Hall–Kier alpha value is -1.84. The van der Waals surface area contributed by atoms with Crippen LogP contribution in [0.3, 0.4) is 0 Å². The number of nitrogens with one attached hydrogen (secondary N) is 1. The molecule has 4 nitrogen and oxygen atoms in total. The monoisotopic (exact) mass is 277 g/mol. The third-order valence-corrected chi connectivity index (χ3v) is 3.51. The van der Waals surface area contributed by atoms with E-state index in [1.165, 1.54) is 0 Å². The van der Waals surface area contributed by atoms with Crippen molar-refractivity contribution in [2.75, 3.05) is 0 Å². The number of rotatable bonds is 7. The van der Waals surface area contributed by atoms with E-state index in [9.17, 15) is 14.7 Å². The number of carbonyl (C=O) groups excluding carboxylic acids is 1. The second kappa shape index (κ2) is 7.08. The lowest BCUT2D eigenvalue weighted by atomic mass is 9.83. The minimum atomic E-state index is -0.976. The first-order chi connectivity index (χ1) is 9.39. The molecule has 0 aliphatic rings. The van der Waals surface area contributed by atoms with Gasteiger partial charge in [0.2, 0.25) is 5.91 Å². The van der Waals surface area contributed by atoms with E-state index in [2.05, 4.69) is 5.32 Å². The van der Waals surface area contributed by atoms with E-state index < -0.39 is 17.4 Å². The van der Waals surface area contributed by atoms with E-state index in [-0.39, 0.29) is 5.91 Å². The van der Waals surface area contributed by atoms with Gasteiger partial charge in [-0.25, -0.2) is 4.79 Å². The lowest BCUT2D eigenvalue weighted by molar-refractivity contribution is -0.142. The van der Waals surface area contributed by atoms with Gasteiger partial charge in [0, 0.05) is 0 Å². The number of amides is 1. The summed E-state index contributed by atoms with van der Waals surface area (Å²) in [5, 5.41) is 11.8. The number of carboxylic acid groups (broad SMARTS) is 1. The molecule has 0 radical (unpaired) electrons. The molecule has 4 heteroatoms.